The van der Waals surface area contributed by atoms with Crippen molar-refractivity contribution in [2.75, 3.05) is 18.5 Å². The van der Waals surface area contributed by atoms with E-state index in [-0.39, 0.29) is 19.7 Å². The summed E-state index contributed by atoms with van der Waals surface area (Å²) in [5.41, 5.74) is 1.18. The van der Waals surface area contributed by atoms with Crippen molar-refractivity contribution < 1.29 is 19.1 Å². The van der Waals surface area contributed by atoms with Crippen molar-refractivity contribution in [3.05, 3.63) is 66.0 Å². The molecule has 0 saturated heterocycles. The summed E-state index contributed by atoms with van der Waals surface area (Å²) in [6.45, 7) is 0.0179. The van der Waals surface area contributed by atoms with Crippen LogP contribution in [0.2, 0.25) is 0 Å². The van der Waals surface area contributed by atoms with Gasteiger partial charge in [0.1, 0.15) is 5.82 Å². The number of halogens is 1. The second-order valence-electron chi connectivity index (χ2n) is 4.90. The lowest BCUT2D eigenvalue weighted by molar-refractivity contribution is -0.143. The molecule has 23 heavy (non-hydrogen) atoms. The van der Waals surface area contributed by atoms with Gasteiger partial charge in [-0.05, 0) is 29.8 Å². The fraction of sp³-hybridized carbons (Fsp3) is 0.176. The van der Waals surface area contributed by atoms with E-state index < -0.39 is 17.6 Å². The first-order valence-corrected chi connectivity index (χ1v) is 7.11. The molecule has 0 heterocycles. The summed E-state index contributed by atoms with van der Waals surface area (Å²) in [4.78, 5) is 25.5. The highest BCUT2D eigenvalue weighted by molar-refractivity contribution is 6.39. The SMILES string of the molecule is O=C(Nc1ccc(F)cc1)C(=O)N(CCO)Cc1ccccc1. The Balaban J connectivity index is 2.04. The van der Waals surface area contributed by atoms with Crippen LogP contribution in [-0.2, 0) is 16.1 Å². The first-order chi connectivity index (χ1) is 11.1. The number of nitrogens with one attached hydrogen (secondary N) is 1. The third-order valence-corrected chi connectivity index (χ3v) is 3.17. The van der Waals surface area contributed by atoms with Gasteiger partial charge in [0, 0.05) is 18.8 Å². The van der Waals surface area contributed by atoms with Gasteiger partial charge in [0.25, 0.3) is 0 Å². The number of aliphatic hydroxyl groups excluding tert-OH is 1. The van der Waals surface area contributed by atoms with Crippen LogP contribution in [-0.4, -0.2) is 35.0 Å². The molecular weight excluding hydrogens is 299 g/mol. The van der Waals surface area contributed by atoms with E-state index in [1.54, 1.807) is 0 Å². The largest absolute Gasteiger partial charge is 0.395 e. The Morgan fingerprint density at radius 3 is 2.30 bits per heavy atom. The average molecular weight is 316 g/mol. The molecule has 5 nitrogen and oxygen atoms in total. The Morgan fingerprint density at radius 2 is 1.70 bits per heavy atom. The van der Waals surface area contributed by atoms with Crippen molar-refractivity contribution in [1.82, 2.24) is 4.90 Å². The van der Waals surface area contributed by atoms with Gasteiger partial charge in [-0.3, -0.25) is 9.59 Å². The number of carbonyl (C=O) groups excluding carboxylic acids is 2. The topological polar surface area (TPSA) is 69.6 Å². The Hall–Kier alpha value is -2.73. The first-order valence-electron chi connectivity index (χ1n) is 7.11. The summed E-state index contributed by atoms with van der Waals surface area (Å²) < 4.78 is 12.8. The summed E-state index contributed by atoms with van der Waals surface area (Å²) in [6, 6.07) is 14.3. The van der Waals surface area contributed by atoms with Crippen molar-refractivity contribution >= 4 is 17.5 Å². The van der Waals surface area contributed by atoms with Crippen LogP contribution in [0.3, 0.4) is 0 Å². The zero-order valence-corrected chi connectivity index (χ0v) is 12.4. The van der Waals surface area contributed by atoms with Crippen molar-refractivity contribution in [2.24, 2.45) is 0 Å². The predicted octanol–water partition coefficient (Wildman–Crippen LogP) is 1.79. The lowest BCUT2D eigenvalue weighted by atomic mass is 10.2. The van der Waals surface area contributed by atoms with Gasteiger partial charge in [0.15, 0.2) is 0 Å². The van der Waals surface area contributed by atoms with Gasteiger partial charge < -0.3 is 15.3 Å². The molecule has 0 atom stereocenters. The number of amides is 2. The van der Waals surface area contributed by atoms with E-state index in [1.807, 2.05) is 30.3 Å². The van der Waals surface area contributed by atoms with E-state index in [1.165, 1.54) is 29.2 Å². The Labute approximate surface area is 133 Å². The van der Waals surface area contributed by atoms with Crippen LogP contribution >= 0.6 is 0 Å². The minimum Gasteiger partial charge on any atom is -0.395 e. The average Bonchev–Trinajstić information content (AvgIpc) is 2.57. The molecule has 2 amide bonds. The summed E-state index contributed by atoms with van der Waals surface area (Å²) in [7, 11) is 0. The molecule has 2 aromatic rings. The fourth-order valence-corrected chi connectivity index (χ4v) is 2.04. The van der Waals surface area contributed by atoms with Crippen LogP contribution in [0, 0.1) is 5.82 Å². The van der Waals surface area contributed by atoms with Gasteiger partial charge in [-0.15, -0.1) is 0 Å². The Kier molecular flexibility index (Phi) is 5.82. The number of carbonyl (C=O) groups is 2. The maximum Gasteiger partial charge on any atom is 0.313 e. The molecule has 0 unspecified atom stereocenters. The molecular formula is C17H17FN2O3. The lowest BCUT2D eigenvalue weighted by Crippen LogP contribution is -2.40. The Bertz CT molecular complexity index is 659. The van der Waals surface area contributed by atoms with Crippen molar-refractivity contribution in [2.45, 2.75) is 6.54 Å². The van der Waals surface area contributed by atoms with E-state index in [4.69, 9.17) is 5.11 Å². The number of benzene rings is 2. The maximum atomic E-state index is 12.8. The van der Waals surface area contributed by atoms with Crippen molar-refractivity contribution in [1.29, 1.82) is 0 Å². The number of rotatable bonds is 5. The van der Waals surface area contributed by atoms with E-state index in [0.717, 1.165) is 5.56 Å². The van der Waals surface area contributed by atoms with Gasteiger partial charge in [-0.25, -0.2) is 4.39 Å². The highest BCUT2D eigenvalue weighted by Gasteiger charge is 2.21. The zero-order valence-electron chi connectivity index (χ0n) is 12.4. The fourth-order valence-electron chi connectivity index (χ4n) is 2.04. The minimum atomic E-state index is -0.832. The smallest absolute Gasteiger partial charge is 0.313 e. The van der Waals surface area contributed by atoms with Gasteiger partial charge >= 0.3 is 11.8 Å². The van der Waals surface area contributed by atoms with E-state index in [9.17, 15) is 14.0 Å². The van der Waals surface area contributed by atoms with Crippen LogP contribution in [0.1, 0.15) is 5.56 Å². The molecule has 6 heteroatoms. The number of hydrogen-bond acceptors (Lipinski definition) is 3. The quantitative estimate of drug-likeness (QED) is 0.826. The molecule has 2 aromatic carbocycles. The summed E-state index contributed by atoms with van der Waals surface area (Å²) >= 11 is 0. The van der Waals surface area contributed by atoms with Crippen LogP contribution in [0.5, 0.6) is 0 Å². The molecule has 0 spiro atoms. The molecule has 0 aliphatic carbocycles. The molecule has 0 fully saturated rings. The predicted molar refractivity (Wildman–Crippen MR) is 84.0 cm³/mol. The highest BCUT2D eigenvalue weighted by atomic mass is 19.1. The van der Waals surface area contributed by atoms with Crippen LogP contribution in [0.4, 0.5) is 10.1 Å². The number of nitrogens with zero attached hydrogens (tertiary/aromatic N) is 1. The summed E-state index contributed by atoms with van der Waals surface area (Å²) in [5.74, 6) is -2.02. The molecule has 120 valence electrons. The third kappa shape index (κ3) is 4.89. The van der Waals surface area contributed by atoms with E-state index >= 15 is 0 Å². The molecule has 0 aliphatic heterocycles. The summed E-state index contributed by atoms with van der Waals surface area (Å²) in [5, 5.41) is 11.5. The molecule has 2 N–H and O–H groups in total. The third-order valence-electron chi connectivity index (χ3n) is 3.17. The second kappa shape index (κ2) is 8.05. The van der Waals surface area contributed by atoms with Crippen LogP contribution in [0.15, 0.2) is 54.6 Å². The molecule has 0 saturated carbocycles. The van der Waals surface area contributed by atoms with E-state index in [0.29, 0.717) is 5.69 Å². The molecule has 0 aliphatic rings. The zero-order chi connectivity index (χ0) is 16.7. The highest BCUT2D eigenvalue weighted by Crippen LogP contribution is 2.10. The lowest BCUT2D eigenvalue weighted by Gasteiger charge is -2.21. The van der Waals surface area contributed by atoms with Gasteiger partial charge in [-0.1, -0.05) is 30.3 Å². The number of anilines is 1. The van der Waals surface area contributed by atoms with Crippen LogP contribution in [0.25, 0.3) is 0 Å². The molecule has 0 radical (unpaired) electrons. The van der Waals surface area contributed by atoms with Gasteiger partial charge in [0.2, 0.25) is 0 Å². The van der Waals surface area contributed by atoms with Crippen LogP contribution < -0.4 is 5.32 Å². The maximum absolute atomic E-state index is 12.8. The standard InChI is InChI=1S/C17H17FN2O3/c18-14-6-8-15(9-7-14)19-16(22)17(23)20(10-11-21)12-13-4-2-1-3-5-13/h1-9,21H,10-12H2,(H,19,22). The normalized spacial score (nSPS) is 10.2. The summed E-state index contributed by atoms with van der Waals surface area (Å²) in [6.07, 6.45) is 0. The molecule has 0 aromatic heterocycles. The van der Waals surface area contributed by atoms with Crippen molar-refractivity contribution in [3.63, 3.8) is 0 Å². The monoisotopic (exact) mass is 316 g/mol. The first kappa shape index (κ1) is 16.6. The number of hydrogen-bond donors (Lipinski definition) is 2. The van der Waals surface area contributed by atoms with Gasteiger partial charge in [0.05, 0.1) is 6.61 Å². The van der Waals surface area contributed by atoms with Crippen molar-refractivity contribution in [3.8, 4) is 0 Å². The number of aliphatic hydroxyl groups is 1. The molecule has 0 bridgehead atoms. The minimum absolute atomic E-state index is 0.0462. The van der Waals surface area contributed by atoms with E-state index in [2.05, 4.69) is 5.32 Å². The second-order valence-corrected chi connectivity index (χ2v) is 4.90. The molecule has 2 rings (SSSR count). The van der Waals surface area contributed by atoms with Gasteiger partial charge in [-0.2, -0.15) is 0 Å². The Morgan fingerprint density at radius 1 is 1.04 bits per heavy atom.